The van der Waals surface area contributed by atoms with E-state index in [1.165, 1.54) is 0 Å². The van der Waals surface area contributed by atoms with Crippen molar-refractivity contribution in [2.24, 2.45) is 5.92 Å². The highest BCUT2D eigenvalue weighted by molar-refractivity contribution is 5.84. The van der Waals surface area contributed by atoms with Crippen molar-refractivity contribution >= 4 is 18.0 Å². The number of hydrogen-bond acceptors (Lipinski definition) is 4. The minimum Gasteiger partial charge on any atom is -0.480 e. The lowest BCUT2D eigenvalue weighted by atomic mass is 9.98. The van der Waals surface area contributed by atoms with Crippen LogP contribution >= 0.6 is 0 Å². The Labute approximate surface area is 193 Å². The van der Waals surface area contributed by atoms with Crippen LogP contribution in [-0.4, -0.2) is 54.2 Å². The number of carbonyl (C=O) groups excluding carboxylic acids is 2. The van der Waals surface area contributed by atoms with Crippen molar-refractivity contribution in [1.29, 1.82) is 0 Å². The van der Waals surface area contributed by atoms with Gasteiger partial charge in [0.25, 0.3) is 0 Å². The summed E-state index contributed by atoms with van der Waals surface area (Å²) in [6.45, 7) is 1.55. The van der Waals surface area contributed by atoms with Gasteiger partial charge in [-0.15, -0.1) is 6.42 Å². The van der Waals surface area contributed by atoms with Crippen LogP contribution in [0.25, 0.3) is 11.1 Å². The summed E-state index contributed by atoms with van der Waals surface area (Å²) < 4.78 is 5.52. The molecule has 1 unspecified atom stereocenters. The quantitative estimate of drug-likeness (QED) is 0.543. The maximum Gasteiger partial charge on any atom is 0.407 e. The zero-order chi connectivity index (χ0) is 23.8. The van der Waals surface area contributed by atoms with Crippen molar-refractivity contribution in [2.75, 3.05) is 26.2 Å². The molecule has 0 bridgehead atoms. The van der Waals surface area contributed by atoms with Crippen LogP contribution in [0.3, 0.4) is 0 Å². The van der Waals surface area contributed by atoms with Gasteiger partial charge < -0.3 is 20.1 Å². The van der Waals surface area contributed by atoms with E-state index in [4.69, 9.17) is 16.3 Å². The predicted molar refractivity (Wildman–Crippen MR) is 125 cm³/mol. The molecule has 1 aliphatic carbocycles. The molecule has 0 aromatic heterocycles. The maximum absolute atomic E-state index is 12.8. The van der Waals surface area contributed by atoms with Crippen LogP contribution in [0.5, 0.6) is 0 Å². The Morgan fingerprint density at radius 3 is 2.27 bits per heavy atom. The summed E-state index contributed by atoms with van der Waals surface area (Å²) >= 11 is 0. The zero-order valence-corrected chi connectivity index (χ0v) is 18.6. The van der Waals surface area contributed by atoms with E-state index >= 15 is 0 Å². The predicted octanol–water partition coefficient (Wildman–Crippen LogP) is 3.49. The van der Waals surface area contributed by atoms with E-state index in [-0.39, 0.29) is 25.6 Å². The molecular formula is C26H28N2O5. The molecule has 0 saturated carbocycles. The fourth-order valence-corrected chi connectivity index (χ4v) is 4.26. The number of benzene rings is 2. The van der Waals surface area contributed by atoms with Gasteiger partial charge in [0.15, 0.2) is 0 Å². The molecule has 0 spiro atoms. The summed E-state index contributed by atoms with van der Waals surface area (Å²) in [7, 11) is 0. The largest absolute Gasteiger partial charge is 0.480 e. The number of nitrogens with zero attached hydrogens (tertiary/aromatic N) is 1. The SMILES string of the molecule is C#CCN(CC(=O)O)C(=O)C(CCC)CNC(=O)OCC1c2ccccc2-c2ccccc21. The van der Waals surface area contributed by atoms with E-state index in [0.29, 0.717) is 12.8 Å². The van der Waals surface area contributed by atoms with Gasteiger partial charge in [-0.1, -0.05) is 67.8 Å². The Balaban J connectivity index is 1.60. The molecule has 2 N–H and O–H groups in total. The van der Waals surface area contributed by atoms with E-state index in [9.17, 15) is 14.4 Å². The first-order valence-corrected chi connectivity index (χ1v) is 11.0. The molecule has 2 aromatic carbocycles. The van der Waals surface area contributed by atoms with Crippen LogP contribution in [0.15, 0.2) is 48.5 Å². The minimum atomic E-state index is -1.14. The van der Waals surface area contributed by atoms with Gasteiger partial charge in [0.05, 0.1) is 12.5 Å². The number of rotatable bonds is 10. The summed E-state index contributed by atoms with van der Waals surface area (Å²) in [5, 5.41) is 11.7. The van der Waals surface area contributed by atoms with Crippen LogP contribution in [0.2, 0.25) is 0 Å². The van der Waals surface area contributed by atoms with Crippen LogP contribution in [0.4, 0.5) is 4.79 Å². The van der Waals surface area contributed by atoms with Crippen molar-refractivity contribution in [3.8, 4) is 23.5 Å². The molecule has 0 heterocycles. The average molecular weight is 449 g/mol. The smallest absolute Gasteiger partial charge is 0.407 e. The van der Waals surface area contributed by atoms with Gasteiger partial charge in [-0.25, -0.2) is 4.79 Å². The summed E-state index contributed by atoms with van der Waals surface area (Å²) in [6, 6.07) is 16.1. The van der Waals surface area contributed by atoms with E-state index in [2.05, 4.69) is 23.4 Å². The lowest BCUT2D eigenvalue weighted by Crippen LogP contribution is -2.44. The second-order valence-corrected chi connectivity index (χ2v) is 7.98. The third kappa shape index (κ3) is 5.72. The molecule has 0 radical (unpaired) electrons. The van der Waals surface area contributed by atoms with Crippen molar-refractivity contribution in [1.82, 2.24) is 10.2 Å². The third-order valence-corrected chi connectivity index (χ3v) is 5.74. The van der Waals surface area contributed by atoms with Gasteiger partial charge in [0.2, 0.25) is 5.91 Å². The van der Waals surface area contributed by atoms with Crippen LogP contribution in [-0.2, 0) is 14.3 Å². The first kappa shape index (κ1) is 23.9. The van der Waals surface area contributed by atoms with Gasteiger partial charge in [0, 0.05) is 12.5 Å². The number of amides is 2. The van der Waals surface area contributed by atoms with E-state index in [1.807, 2.05) is 43.3 Å². The number of aliphatic carboxylic acids is 1. The van der Waals surface area contributed by atoms with Crippen molar-refractivity contribution in [3.63, 3.8) is 0 Å². The van der Waals surface area contributed by atoms with Crippen molar-refractivity contribution < 1.29 is 24.2 Å². The first-order valence-electron chi connectivity index (χ1n) is 11.0. The highest BCUT2D eigenvalue weighted by Gasteiger charge is 2.29. The van der Waals surface area contributed by atoms with Gasteiger partial charge >= 0.3 is 12.1 Å². The van der Waals surface area contributed by atoms with E-state index in [0.717, 1.165) is 27.2 Å². The van der Waals surface area contributed by atoms with E-state index in [1.54, 1.807) is 0 Å². The number of hydrogen-bond donors (Lipinski definition) is 2. The highest BCUT2D eigenvalue weighted by Crippen LogP contribution is 2.44. The average Bonchev–Trinajstić information content (AvgIpc) is 3.13. The summed E-state index contributed by atoms with van der Waals surface area (Å²) in [6.07, 6.45) is 5.85. The van der Waals surface area contributed by atoms with Crippen molar-refractivity contribution in [3.05, 3.63) is 59.7 Å². The molecule has 0 aliphatic heterocycles. The summed E-state index contributed by atoms with van der Waals surface area (Å²) in [5.41, 5.74) is 4.51. The number of carbonyl (C=O) groups is 3. The molecule has 1 atom stereocenters. The van der Waals surface area contributed by atoms with Crippen LogP contribution < -0.4 is 5.32 Å². The minimum absolute atomic E-state index is 0.0457. The lowest BCUT2D eigenvalue weighted by Gasteiger charge is -2.24. The molecule has 2 aromatic rings. The fraction of sp³-hybridized carbons (Fsp3) is 0.346. The highest BCUT2D eigenvalue weighted by atomic mass is 16.5. The van der Waals surface area contributed by atoms with Crippen LogP contribution in [0.1, 0.15) is 36.8 Å². The molecule has 2 amide bonds. The second kappa shape index (κ2) is 11.2. The molecule has 0 saturated heterocycles. The number of nitrogens with one attached hydrogen (secondary N) is 1. The Kier molecular flexibility index (Phi) is 8.09. The molecule has 3 rings (SSSR count). The molecule has 7 heteroatoms. The normalized spacial score (nSPS) is 12.7. The number of fused-ring (bicyclic) bond motifs is 3. The molecule has 33 heavy (non-hydrogen) atoms. The van der Waals surface area contributed by atoms with Gasteiger partial charge in [0.1, 0.15) is 13.2 Å². The maximum atomic E-state index is 12.8. The van der Waals surface area contributed by atoms with Gasteiger partial charge in [-0.2, -0.15) is 0 Å². The number of carboxylic acids is 1. The molecule has 0 fully saturated rings. The summed E-state index contributed by atoms with van der Waals surface area (Å²) in [4.78, 5) is 37.4. The molecule has 7 nitrogen and oxygen atoms in total. The Bertz CT molecular complexity index is 1010. The Morgan fingerprint density at radius 1 is 1.12 bits per heavy atom. The number of carboxylic acid groups (broad SMARTS) is 1. The van der Waals surface area contributed by atoms with Gasteiger partial charge in [-0.05, 0) is 28.7 Å². The Hall–Kier alpha value is -3.79. The van der Waals surface area contributed by atoms with E-state index < -0.39 is 30.4 Å². The molecular weight excluding hydrogens is 420 g/mol. The van der Waals surface area contributed by atoms with Crippen molar-refractivity contribution in [2.45, 2.75) is 25.7 Å². The number of ether oxygens (including phenoxy) is 1. The van der Waals surface area contributed by atoms with Crippen LogP contribution in [0, 0.1) is 18.3 Å². The Morgan fingerprint density at radius 2 is 1.73 bits per heavy atom. The lowest BCUT2D eigenvalue weighted by molar-refractivity contribution is -0.145. The first-order chi connectivity index (χ1) is 16.0. The second-order valence-electron chi connectivity index (χ2n) is 7.98. The fourth-order valence-electron chi connectivity index (χ4n) is 4.26. The topological polar surface area (TPSA) is 95.9 Å². The third-order valence-electron chi connectivity index (χ3n) is 5.74. The molecule has 1 aliphatic rings. The van der Waals surface area contributed by atoms with Gasteiger partial charge in [-0.3, -0.25) is 9.59 Å². The summed E-state index contributed by atoms with van der Waals surface area (Å²) in [5.74, 6) is 0.143. The number of terminal acetylenes is 1. The monoisotopic (exact) mass is 448 g/mol. The number of alkyl carbamates (subject to hydrolysis) is 1. The zero-order valence-electron chi connectivity index (χ0n) is 18.6. The molecule has 172 valence electrons. The standard InChI is InChI=1S/C26H28N2O5/c1-3-9-18(25(31)28(14-4-2)16-24(29)30)15-27-26(32)33-17-23-21-12-7-5-10-19(21)20-11-6-8-13-22(20)23/h2,5-8,10-13,18,23H,3,9,14-17H2,1H3,(H,27,32)(H,29,30).